The molecule has 3 aromatic rings. The van der Waals surface area contributed by atoms with Gasteiger partial charge in [0.15, 0.2) is 0 Å². The number of phenols is 1. The molecule has 0 atom stereocenters. The number of benzene rings is 2. The molecule has 6 heteroatoms. The Balaban J connectivity index is 1.64. The summed E-state index contributed by atoms with van der Waals surface area (Å²) in [6.07, 6.45) is 0.707. The van der Waals surface area contributed by atoms with Gasteiger partial charge in [0.25, 0.3) is 0 Å². The standard InChI is InChI=1S/C20H20ClNO4/c1-2-13-9-17-14(10-20(24)26-19(17)11-18(13)23)12-22-7-8-25-16-5-3-15(21)4-6-16/h3-6,9-11,22-23H,2,7-8,12H2,1H3/p+1. The third-order valence-electron chi connectivity index (χ3n) is 4.18. The molecule has 5 nitrogen and oxygen atoms in total. The molecular formula is C20H21ClNO4+. The molecule has 0 fully saturated rings. The number of hydrogen-bond donors (Lipinski definition) is 2. The molecule has 3 N–H and O–H groups in total. The molecule has 0 radical (unpaired) electrons. The first-order chi connectivity index (χ1) is 12.6. The van der Waals surface area contributed by atoms with E-state index < -0.39 is 5.63 Å². The van der Waals surface area contributed by atoms with Crippen molar-refractivity contribution >= 4 is 22.6 Å². The molecule has 1 aromatic heterocycles. The van der Waals surface area contributed by atoms with Crippen LogP contribution in [0.15, 0.2) is 51.7 Å². The van der Waals surface area contributed by atoms with Crippen LogP contribution < -0.4 is 15.7 Å². The van der Waals surface area contributed by atoms with Gasteiger partial charge in [-0.1, -0.05) is 18.5 Å². The van der Waals surface area contributed by atoms with Gasteiger partial charge in [-0.3, -0.25) is 0 Å². The van der Waals surface area contributed by atoms with Crippen LogP contribution >= 0.6 is 11.6 Å². The molecular weight excluding hydrogens is 354 g/mol. The Morgan fingerprint density at radius 3 is 2.65 bits per heavy atom. The SMILES string of the molecule is CCc1cc2c(C[NH2+]CCOc3ccc(Cl)cc3)cc(=O)oc2cc1O. The second-order valence-electron chi connectivity index (χ2n) is 6.01. The molecule has 0 aliphatic heterocycles. The van der Waals surface area contributed by atoms with Crippen LogP contribution in [0.1, 0.15) is 18.1 Å². The quantitative estimate of drug-likeness (QED) is 0.492. The third-order valence-corrected chi connectivity index (χ3v) is 4.43. The number of phenolic OH excluding ortho intramolecular Hbond substituents is 1. The minimum absolute atomic E-state index is 0.153. The molecule has 0 amide bonds. The summed E-state index contributed by atoms with van der Waals surface area (Å²) >= 11 is 5.84. The van der Waals surface area contributed by atoms with E-state index in [1.54, 1.807) is 12.1 Å². The smallest absolute Gasteiger partial charge is 0.336 e. The van der Waals surface area contributed by atoms with Crippen LogP contribution in [0.4, 0.5) is 0 Å². The summed E-state index contributed by atoms with van der Waals surface area (Å²) in [7, 11) is 0. The van der Waals surface area contributed by atoms with E-state index in [0.29, 0.717) is 30.2 Å². The van der Waals surface area contributed by atoms with Crippen molar-refractivity contribution in [3.05, 3.63) is 69.0 Å². The Bertz CT molecular complexity index is 950. The summed E-state index contributed by atoms with van der Waals surface area (Å²) in [5, 5.41) is 13.6. The van der Waals surface area contributed by atoms with Crippen LogP contribution in [-0.2, 0) is 13.0 Å². The monoisotopic (exact) mass is 374 g/mol. The van der Waals surface area contributed by atoms with Gasteiger partial charge in [-0.05, 0) is 42.3 Å². The van der Waals surface area contributed by atoms with Gasteiger partial charge in [-0.2, -0.15) is 0 Å². The van der Waals surface area contributed by atoms with Crippen molar-refractivity contribution in [3.63, 3.8) is 0 Å². The van der Waals surface area contributed by atoms with Gasteiger partial charge in [0.2, 0.25) is 0 Å². The zero-order chi connectivity index (χ0) is 18.5. The van der Waals surface area contributed by atoms with Crippen molar-refractivity contribution in [2.24, 2.45) is 0 Å². The lowest BCUT2D eigenvalue weighted by Gasteiger charge is -2.09. The lowest BCUT2D eigenvalue weighted by Crippen LogP contribution is -2.83. The van der Waals surface area contributed by atoms with Gasteiger partial charge in [0, 0.05) is 28.1 Å². The van der Waals surface area contributed by atoms with Crippen molar-refractivity contribution in [2.45, 2.75) is 19.9 Å². The molecule has 0 saturated carbocycles. The summed E-state index contributed by atoms with van der Waals surface area (Å²) < 4.78 is 10.9. The van der Waals surface area contributed by atoms with E-state index in [1.165, 1.54) is 12.1 Å². The van der Waals surface area contributed by atoms with Crippen LogP contribution in [0, 0.1) is 0 Å². The second-order valence-corrected chi connectivity index (χ2v) is 6.44. The zero-order valence-corrected chi connectivity index (χ0v) is 15.3. The fourth-order valence-corrected chi connectivity index (χ4v) is 2.93. The van der Waals surface area contributed by atoms with Crippen molar-refractivity contribution < 1.29 is 19.6 Å². The summed E-state index contributed by atoms with van der Waals surface area (Å²) in [6, 6.07) is 12.2. The van der Waals surface area contributed by atoms with Crippen LogP contribution in [0.25, 0.3) is 11.0 Å². The summed E-state index contributed by atoms with van der Waals surface area (Å²) in [5.41, 5.74) is 1.71. The number of quaternary nitrogens is 1. The number of aryl methyl sites for hydroxylation is 1. The molecule has 0 saturated heterocycles. The lowest BCUT2D eigenvalue weighted by atomic mass is 10.0. The number of aromatic hydroxyl groups is 1. The van der Waals surface area contributed by atoms with E-state index >= 15 is 0 Å². The minimum atomic E-state index is -0.415. The molecule has 0 bridgehead atoms. The van der Waals surface area contributed by atoms with Crippen LogP contribution in [0.5, 0.6) is 11.5 Å². The average molecular weight is 375 g/mol. The number of halogens is 1. The van der Waals surface area contributed by atoms with Gasteiger partial charge < -0.3 is 19.6 Å². The predicted molar refractivity (Wildman–Crippen MR) is 101 cm³/mol. The maximum atomic E-state index is 11.8. The summed E-state index contributed by atoms with van der Waals surface area (Å²) in [5.74, 6) is 0.928. The van der Waals surface area contributed by atoms with Crippen molar-refractivity contribution in [3.8, 4) is 11.5 Å². The highest BCUT2D eigenvalue weighted by atomic mass is 35.5. The first-order valence-electron chi connectivity index (χ1n) is 8.55. The first-order valence-corrected chi connectivity index (χ1v) is 8.93. The Morgan fingerprint density at radius 2 is 1.92 bits per heavy atom. The number of ether oxygens (including phenoxy) is 1. The van der Waals surface area contributed by atoms with E-state index in [1.807, 2.05) is 25.1 Å². The van der Waals surface area contributed by atoms with Gasteiger partial charge in [-0.25, -0.2) is 4.79 Å². The highest BCUT2D eigenvalue weighted by molar-refractivity contribution is 6.30. The predicted octanol–water partition coefficient (Wildman–Crippen LogP) is 2.86. The molecule has 2 aromatic carbocycles. The molecule has 1 heterocycles. The molecule has 0 aliphatic rings. The zero-order valence-electron chi connectivity index (χ0n) is 14.5. The van der Waals surface area contributed by atoms with Crippen molar-refractivity contribution in [1.29, 1.82) is 0 Å². The molecule has 3 rings (SSSR count). The van der Waals surface area contributed by atoms with Gasteiger partial charge in [0.1, 0.15) is 36.8 Å². The Hall–Kier alpha value is -2.50. The minimum Gasteiger partial charge on any atom is -0.508 e. The number of fused-ring (bicyclic) bond motifs is 1. The van der Waals surface area contributed by atoms with Crippen molar-refractivity contribution in [2.75, 3.05) is 13.2 Å². The topological polar surface area (TPSA) is 76.3 Å². The molecule has 0 unspecified atom stereocenters. The van der Waals surface area contributed by atoms with E-state index in [-0.39, 0.29) is 5.75 Å². The fraction of sp³-hybridized carbons (Fsp3) is 0.250. The summed E-state index contributed by atoms with van der Waals surface area (Å²) in [4.78, 5) is 11.8. The lowest BCUT2D eigenvalue weighted by molar-refractivity contribution is -0.671. The van der Waals surface area contributed by atoms with Gasteiger partial charge in [0.05, 0.1) is 0 Å². The average Bonchev–Trinajstić information content (AvgIpc) is 2.62. The van der Waals surface area contributed by atoms with Crippen LogP contribution in [0.3, 0.4) is 0 Å². The van der Waals surface area contributed by atoms with E-state index in [2.05, 4.69) is 5.32 Å². The molecule has 26 heavy (non-hydrogen) atoms. The van der Waals surface area contributed by atoms with Crippen LogP contribution in [-0.4, -0.2) is 18.3 Å². The Labute approximate surface area is 156 Å². The first kappa shape index (κ1) is 18.3. The highest BCUT2D eigenvalue weighted by Crippen LogP contribution is 2.26. The maximum absolute atomic E-state index is 11.8. The molecule has 136 valence electrons. The number of nitrogens with two attached hydrogens (primary N) is 1. The van der Waals surface area contributed by atoms with Crippen molar-refractivity contribution in [1.82, 2.24) is 0 Å². The molecule has 0 aliphatic carbocycles. The van der Waals surface area contributed by atoms with E-state index in [9.17, 15) is 9.90 Å². The second kappa shape index (κ2) is 8.25. The Morgan fingerprint density at radius 1 is 1.15 bits per heavy atom. The largest absolute Gasteiger partial charge is 0.508 e. The Kier molecular flexibility index (Phi) is 5.81. The van der Waals surface area contributed by atoms with E-state index in [0.717, 1.165) is 28.8 Å². The van der Waals surface area contributed by atoms with Gasteiger partial charge in [-0.15, -0.1) is 0 Å². The summed E-state index contributed by atoms with van der Waals surface area (Å²) in [6.45, 7) is 3.88. The van der Waals surface area contributed by atoms with Gasteiger partial charge >= 0.3 is 5.63 Å². The van der Waals surface area contributed by atoms with Crippen LogP contribution in [0.2, 0.25) is 5.02 Å². The highest BCUT2D eigenvalue weighted by Gasteiger charge is 2.11. The van der Waals surface area contributed by atoms with E-state index in [4.69, 9.17) is 20.8 Å². The number of rotatable bonds is 7. The third kappa shape index (κ3) is 4.36. The maximum Gasteiger partial charge on any atom is 0.336 e. The number of hydrogen-bond acceptors (Lipinski definition) is 4. The molecule has 0 spiro atoms. The fourth-order valence-electron chi connectivity index (χ4n) is 2.81. The normalized spacial score (nSPS) is 11.0.